The number of aromatic nitrogens is 3. The lowest BCUT2D eigenvalue weighted by molar-refractivity contribution is -0.120. The molecule has 0 atom stereocenters. The van der Waals surface area contributed by atoms with E-state index in [1.54, 1.807) is 28.9 Å². The SMILES string of the molecule is CCCn1ncnc1CC(=O)COc1ccc(Cl)cc1. The summed E-state index contributed by atoms with van der Waals surface area (Å²) in [4.78, 5) is 16.0. The van der Waals surface area contributed by atoms with Gasteiger partial charge in [0, 0.05) is 11.6 Å². The van der Waals surface area contributed by atoms with Crippen molar-refractivity contribution in [3.05, 3.63) is 41.4 Å². The molecule has 5 nitrogen and oxygen atoms in total. The highest BCUT2D eigenvalue weighted by Crippen LogP contribution is 2.15. The molecule has 0 saturated heterocycles. The van der Waals surface area contributed by atoms with Gasteiger partial charge in [0.05, 0.1) is 6.42 Å². The zero-order valence-electron chi connectivity index (χ0n) is 11.3. The van der Waals surface area contributed by atoms with Crippen molar-refractivity contribution >= 4 is 17.4 Å². The molecule has 2 rings (SSSR count). The Hall–Kier alpha value is -1.88. The first-order valence-electron chi connectivity index (χ1n) is 6.45. The molecular formula is C14H16ClN3O2. The Bertz CT molecular complexity index is 566. The van der Waals surface area contributed by atoms with E-state index >= 15 is 0 Å². The zero-order valence-corrected chi connectivity index (χ0v) is 12.0. The molecule has 0 aliphatic rings. The topological polar surface area (TPSA) is 57.0 Å². The van der Waals surface area contributed by atoms with Gasteiger partial charge in [0.25, 0.3) is 0 Å². The summed E-state index contributed by atoms with van der Waals surface area (Å²) in [6, 6.07) is 6.91. The van der Waals surface area contributed by atoms with Crippen molar-refractivity contribution in [1.82, 2.24) is 14.8 Å². The average Bonchev–Trinajstić information content (AvgIpc) is 2.86. The van der Waals surface area contributed by atoms with E-state index < -0.39 is 0 Å². The van der Waals surface area contributed by atoms with E-state index in [4.69, 9.17) is 16.3 Å². The number of benzene rings is 1. The first kappa shape index (κ1) is 14.5. The van der Waals surface area contributed by atoms with E-state index in [-0.39, 0.29) is 18.8 Å². The van der Waals surface area contributed by atoms with Gasteiger partial charge < -0.3 is 4.74 Å². The van der Waals surface area contributed by atoms with Crippen LogP contribution in [0, 0.1) is 0 Å². The number of ether oxygens (including phenoxy) is 1. The number of carbonyl (C=O) groups excluding carboxylic acids is 1. The molecule has 0 saturated carbocycles. The molecule has 106 valence electrons. The van der Waals surface area contributed by atoms with Crippen LogP contribution in [0.4, 0.5) is 0 Å². The summed E-state index contributed by atoms with van der Waals surface area (Å²) in [7, 11) is 0. The monoisotopic (exact) mass is 293 g/mol. The molecule has 2 aromatic rings. The first-order chi connectivity index (χ1) is 9.69. The third-order valence-electron chi connectivity index (χ3n) is 2.70. The minimum absolute atomic E-state index is 0.0145. The van der Waals surface area contributed by atoms with Gasteiger partial charge in [0.1, 0.15) is 24.5 Å². The Morgan fingerprint density at radius 1 is 1.35 bits per heavy atom. The van der Waals surface area contributed by atoms with Crippen LogP contribution in [-0.4, -0.2) is 27.2 Å². The lowest BCUT2D eigenvalue weighted by Crippen LogP contribution is -2.17. The van der Waals surface area contributed by atoms with Gasteiger partial charge in [-0.25, -0.2) is 9.67 Å². The number of carbonyl (C=O) groups is 1. The zero-order chi connectivity index (χ0) is 14.4. The van der Waals surface area contributed by atoms with Crippen molar-refractivity contribution in [2.24, 2.45) is 0 Å². The minimum atomic E-state index is -0.0368. The summed E-state index contributed by atoms with van der Waals surface area (Å²) in [5, 5.41) is 4.72. The van der Waals surface area contributed by atoms with Crippen LogP contribution in [0.2, 0.25) is 5.02 Å². The van der Waals surface area contributed by atoms with Crippen LogP contribution in [-0.2, 0) is 17.8 Å². The van der Waals surface area contributed by atoms with E-state index in [1.165, 1.54) is 6.33 Å². The van der Waals surface area contributed by atoms with E-state index in [0.717, 1.165) is 13.0 Å². The predicted molar refractivity (Wildman–Crippen MR) is 76.0 cm³/mol. The number of rotatable bonds is 7. The number of hydrogen-bond donors (Lipinski definition) is 0. The minimum Gasteiger partial charge on any atom is -0.486 e. The van der Waals surface area contributed by atoms with Crippen LogP contribution in [0.15, 0.2) is 30.6 Å². The standard InChI is InChI=1S/C14H16ClN3O2/c1-2-7-18-14(16-10-17-18)8-12(19)9-20-13-5-3-11(15)4-6-13/h3-6,10H,2,7-9H2,1H3. The number of Topliss-reactive ketones (excluding diaryl/α,β-unsaturated/α-hetero) is 1. The molecule has 1 aromatic carbocycles. The van der Waals surface area contributed by atoms with Crippen molar-refractivity contribution in [2.75, 3.05) is 6.61 Å². The fraction of sp³-hybridized carbons (Fsp3) is 0.357. The number of nitrogens with zero attached hydrogens (tertiary/aromatic N) is 3. The summed E-state index contributed by atoms with van der Waals surface area (Å²) < 4.78 is 7.16. The highest BCUT2D eigenvalue weighted by Gasteiger charge is 2.10. The molecular weight excluding hydrogens is 278 g/mol. The first-order valence-corrected chi connectivity index (χ1v) is 6.83. The normalized spacial score (nSPS) is 10.5. The second-order valence-corrected chi connectivity index (χ2v) is 4.79. The smallest absolute Gasteiger partial charge is 0.177 e. The Balaban J connectivity index is 1.86. The van der Waals surface area contributed by atoms with Gasteiger partial charge in [-0.3, -0.25) is 4.79 Å². The quantitative estimate of drug-likeness (QED) is 0.787. The molecule has 0 unspecified atom stereocenters. The third kappa shape index (κ3) is 4.06. The fourth-order valence-corrected chi connectivity index (χ4v) is 1.87. The Morgan fingerprint density at radius 3 is 2.80 bits per heavy atom. The number of ketones is 1. The molecule has 0 radical (unpaired) electrons. The van der Waals surface area contributed by atoms with Gasteiger partial charge in [-0.2, -0.15) is 5.10 Å². The second-order valence-electron chi connectivity index (χ2n) is 4.36. The Kier molecular flexibility index (Phi) is 5.12. The molecule has 0 fully saturated rings. The summed E-state index contributed by atoms with van der Waals surface area (Å²) >= 11 is 5.78. The van der Waals surface area contributed by atoms with Gasteiger partial charge in [-0.15, -0.1) is 0 Å². The van der Waals surface area contributed by atoms with Crippen LogP contribution in [0.3, 0.4) is 0 Å². The third-order valence-corrected chi connectivity index (χ3v) is 2.95. The maximum Gasteiger partial charge on any atom is 0.177 e. The van der Waals surface area contributed by atoms with Crippen molar-refractivity contribution in [3.8, 4) is 5.75 Å². The summed E-state index contributed by atoms with van der Waals surface area (Å²) in [5.41, 5.74) is 0. The molecule has 1 aromatic heterocycles. The molecule has 0 spiro atoms. The Labute approximate surface area is 122 Å². The maximum atomic E-state index is 11.9. The van der Waals surface area contributed by atoms with E-state index in [1.807, 2.05) is 0 Å². The molecule has 0 N–H and O–H groups in total. The van der Waals surface area contributed by atoms with Crippen molar-refractivity contribution in [1.29, 1.82) is 0 Å². The van der Waals surface area contributed by atoms with Crippen molar-refractivity contribution < 1.29 is 9.53 Å². The molecule has 1 heterocycles. The van der Waals surface area contributed by atoms with E-state index in [0.29, 0.717) is 16.6 Å². The van der Waals surface area contributed by atoms with Gasteiger partial charge in [0.15, 0.2) is 5.78 Å². The molecule has 0 bridgehead atoms. The molecule has 0 aliphatic carbocycles. The van der Waals surface area contributed by atoms with E-state index in [9.17, 15) is 4.79 Å². The van der Waals surface area contributed by atoms with Crippen LogP contribution < -0.4 is 4.74 Å². The van der Waals surface area contributed by atoms with Gasteiger partial charge in [-0.1, -0.05) is 18.5 Å². The predicted octanol–water partition coefficient (Wildman–Crippen LogP) is 2.53. The highest BCUT2D eigenvalue weighted by molar-refractivity contribution is 6.30. The lowest BCUT2D eigenvalue weighted by atomic mass is 10.3. The summed E-state index contributed by atoms with van der Waals surface area (Å²) in [5.74, 6) is 1.26. The van der Waals surface area contributed by atoms with Crippen LogP contribution >= 0.6 is 11.6 Å². The summed E-state index contributed by atoms with van der Waals surface area (Å²) in [6.45, 7) is 2.83. The van der Waals surface area contributed by atoms with Crippen LogP contribution in [0.25, 0.3) is 0 Å². The highest BCUT2D eigenvalue weighted by atomic mass is 35.5. The molecule has 20 heavy (non-hydrogen) atoms. The maximum absolute atomic E-state index is 11.9. The summed E-state index contributed by atoms with van der Waals surface area (Å²) in [6.07, 6.45) is 2.65. The average molecular weight is 294 g/mol. The van der Waals surface area contributed by atoms with Gasteiger partial charge in [0.2, 0.25) is 0 Å². The largest absolute Gasteiger partial charge is 0.486 e. The van der Waals surface area contributed by atoms with Crippen LogP contribution in [0.1, 0.15) is 19.2 Å². The fourth-order valence-electron chi connectivity index (χ4n) is 1.75. The number of halogens is 1. The second kappa shape index (κ2) is 7.05. The van der Waals surface area contributed by atoms with Crippen molar-refractivity contribution in [2.45, 2.75) is 26.3 Å². The lowest BCUT2D eigenvalue weighted by Gasteiger charge is -2.06. The molecule has 0 amide bonds. The molecule has 6 heteroatoms. The molecule has 0 aliphatic heterocycles. The van der Waals surface area contributed by atoms with Gasteiger partial charge in [-0.05, 0) is 30.7 Å². The Morgan fingerprint density at radius 2 is 2.10 bits per heavy atom. The van der Waals surface area contributed by atoms with Gasteiger partial charge >= 0.3 is 0 Å². The van der Waals surface area contributed by atoms with Crippen molar-refractivity contribution in [3.63, 3.8) is 0 Å². The van der Waals surface area contributed by atoms with E-state index in [2.05, 4.69) is 17.0 Å². The number of aryl methyl sites for hydroxylation is 1. The number of hydrogen-bond acceptors (Lipinski definition) is 4. The van der Waals surface area contributed by atoms with Crippen LogP contribution in [0.5, 0.6) is 5.75 Å².